The summed E-state index contributed by atoms with van der Waals surface area (Å²) >= 11 is 6.11. The van der Waals surface area contributed by atoms with Crippen molar-refractivity contribution in [3.05, 3.63) is 58.9 Å². The fraction of sp³-hybridized carbons (Fsp3) is 0.316. The molecule has 0 radical (unpaired) electrons. The molecule has 1 saturated carbocycles. The van der Waals surface area contributed by atoms with Gasteiger partial charge in [-0.15, -0.1) is 0 Å². The van der Waals surface area contributed by atoms with Crippen LogP contribution in [0.1, 0.15) is 42.5 Å². The molecule has 0 unspecified atom stereocenters. The van der Waals surface area contributed by atoms with Crippen LogP contribution in [0.3, 0.4) is 0 Å². The average Bonchev–Trinajstić information content (AvgIpc) is 2.64. The molecule has 2 aromatic rings. The van der Waals surface area contributed by atoms with Gasteiger partial charge in [0.15, 0.2) is 0 Å². The van der Waals surface area contributed by atoms with Crippen molar-refractivity contribution in [1.82, 2.24) is 5.32 Å². The van der Waals surface area contributed by atoms with Crippen LogP contribution in [-0.2, 0) is 10.0 Å². The molecule has 0 aliphatic heterocycles. The molecule has 0 bridgehead atoms. The highest BCUT2D eigenvalue weighted by Gasteiger charge is 2.22. The van der Waals surface area contributed by atoms with Crippen molar-refractivity contribution >= 4 is 33.2 Å². The van der Waals surface area contributed by atoms with Crippen LogP contribution in [0.15, 0.2) is 47.4 Å². The molecule has 0 spiro atoms. The van der Waals surface area contributed by atoms with Crippen LogP contribution >= 0.6 is 11.6 Å². The van der Waals surface area contributed by atoms with Gasteiger partial charge in [-0.3, -0.25) is 9.52 Å². The summed E-state index contributed by atoms with van der Waals surface area (Å²) in [5.41, 5.74) is -0.0840. The fourth-order valence-electron chi connectivity index (χ4n) is 3.10. The molecular weight excluding hydrogens is 391 g/mol. The number of rotatable bonds is 5. The van der Waals surface area contributed by atoms with Crippen molar-refractivity contribution in [2.24, 2.45) is 0 Å². The van der Waals surface area contributed by atoms with E-state index in [4.69, 9.17) is 11.6 Å². The molecule has 0 saturated heterocycles. The van der Waals surface area contributed by atoms with Gasteiger partial charge in [0.2, 0.25) is 0 Å². The first-order chi connectivity index (χ1) is 12.9. The molecule has 0 aromatic heterocycles. The normalized spacial score (nSPS) is 15.3. The molecule has 144 valence electrons. The number of amides is 1. The van der Waals surface area contributed by atoms with Gasteiger partial charge in [0.1, 0.15) is 5.82 Å². The predicted molar refractivity (Wildman–Crippen MR) is 103 cm³/mol. The van der Waals surface area contributed by atoms with Gasteiger partial charge >= 0.3 is 0 Å². The van der Waals surface area contributed by atoms with E-state index in [1.807, 2.05) is 0 Å². The first-order valence-corrected chi connectivity index (χ1v) is 10.6. The Bertz CT molecular complexity index is 944. The van der Waals surface area contributed by atoms with E-state index in [-0.39, 0.29) is 27.2 Å². The number of carbonyl (C=O) groups excluding carboxylic acids is 1. The zero-order chi connectivity index (χ0) is 19.4. The zero-order valence-corrected chi connectivity index (χ0v) is 16.1. The number of anilines is 1. The van der Waals surface area contributed by atoms with Crippen molar-refractivity contribution in [1.29, 1.82) is 0 Å². The van der Waals surface area contributed by atoms with Gasteiger partial charge in [-0.05, 0) is 43.2 Å². The van der Waals surface area contributed by atoms with E-state index in [9.17, 15) is 17.6 Å². The number of carbonyl (C=O) groups is 1. The maximum absolute atomic E-state index is 13.8. The van der Waals surface area contributed by atoms with Crippen molar-refractivity contribution in [3.8, 4) is 0 Å². The number of hydrogen-bond acceptors (Lipinski definition) is 3. The number of benzene rings is 2. The second kappa shape index (κ2) is 8.27. The topological polar surface area (TPSA) is 75.3 Å². The van der Waals surface area contributed by atoms with Crippen LogP contribution in [0.25, 0.3) is 0 Å². The number of sulfonamides is 1. The predicted octanol–water partition coefficient (Wildman–Crippen LogP) is 4.34. The first kappa shape index (κ1) is 19.6. The Hall–Kier alpha value is -2.12. The quantitative estimate of drug-likeness (QED) is 0.769. The summed E-state index contributed by atoms with van der Waals surface area (Å²) in [6.07, 6.45) is 5.06. The lowest BCUT2D eigenvalue weighted by molar-refractivity contribution is 0.0927. The smallest absolute Gasteiger partial charge is 0.262 e. The Balaban J connectivity index is 1.83. The molecule has 2 aromatic carbocycles. The molecule has 1 amide bonds. The summed E-state index contributed by atoms with van der Waals surface area (Å²) < 4.78 is 41.1. The van der Waals surface area contributed by atoms with E-state index in [1.165, 1.54) is 36.4 Å². The minimum atomic E-state index is -4.07. The van der Waals surface area contributed by atoms with Crippen molar-refractivity contribution < 1.29 is 17.6 Å². The van der Waals surface area contributed by atoms with Crippen LogP contribution in [0.4, 0.5) is 10.1 Å². The largest absolute Gasteiger partial charge is 0.349 e. The summed E-state index contributed by atoms with van der Waals surface area (Å²) in [4.78, 5) is 12.4. The zero-order valence-electron chi connectivity index (χ0n) is 14.5. The van der Waals surface area contributed by atoms with Crippen molar-refractivity contribution in [2.75, 3.05) is 4.72 Å². The van der Waals surface area contributed by atoms with Gasteiger partial charge in [0, 0.05) is 6.04 Å². The Morgan fingerprint density at radius 2 is 1.78 bits per heavy atom. The van der Waals surface area contributed by atoms with Gasteiger partial charge in [0.05, 0.1) is 21.2 Å². The Labute approximate surface area is 163 Å². The van der Waals surface area contributed by atoms with E-state index >= 15 is 0 Å². The van der Waals surface area contributed by atoms with Gasteiger partial charge in [-0.1, -0.05) is 43.0 Å². The van der Waals surface area contributed by atoms with Crippen molar-refractivity contribution in [3.63, 3.8) is 0 Å². The molecule has 5 nitrogen and oxygen atoms in total. The van der Waals surface area contributed by atoms with E-state index in [0.717, 1.165) is 38.2 Å². The molecule has 1 fully saturated rings. The van der Waals surface area contributed by atoms with Crippen LogP contribution < -0.4 is 10.0 Å². The molecule has 3 rings (SSSR count). The Kier molecular flexibility index (Phi) is 6.01. The average molecular weight is 411 g/mol. The number of hydrogen-bond donors (Lipinski definition) is 2. The minimum absolute atomic E-state index is 0.0686. The SMILES string of the molecule is O=C(NC1CCCCC1)c1cc(S(=O)(=O)Nc2ccccc2F)ccc1Cl. The van der Waals surface area contributed by atoms with Gasteiger partial charge in [-0.2, -0.15) is 0 Å². The molecule has 0 heterocycles. The van der Waals surface area contributed by atoms with E-state index in [2.05, 4.69) is 10.0 Å². The third-order valence-corrected chi connectivity index (χ3v) is 6.24. The highest BCUT2D eigenvalue weighted by molar-refractivity contribution is 7.92. The van der Waals surface area contributed by atoms with Gasteiger partial charge in [0.25, 0.3) is 15.9 Å². The molecule has 1 aliphatic carbocycles. The minimum Gasteiger partial charge on any atom is -0.349 e. The lowest BCUT2D eigenvalue weighted by atomic mass is 9.95. The maximum atomic E-state index is 13.8. The standard InChI is InChI=1S/C19H20ClFN2O3S/c20-16-11-10-14(27(25,26)23-18-9-5-4-8-17(18)21)12-15(16)19(24)22-13-6-2-1-3-7-13/h4-5,8-13,23H,1-3,6-7H2,(H,22,24). The second-order valence-corrected chi connectivity index (χ2v) is 8.62. The number of nitrogens with one attached hydrogen (secondary N) is 2. The second-order valence-electron chi connectivity index (χ2n) is 6.54. The third kappa shape index (κ3) is 4.78. The van der Waals surface area contributed by atoms with Crippen LogP contribution in [0.2, 0.25) is 5.02 Å². The summed E-state index contributed by atoms with van der Waals surface area (Å²) in [5.74, 6) is -1.10. The van der Waals surface area contributed by atoms with E-state index < -0.39 is 21.7 Å². The summed E-state index contributed by atoms with van der Waals surface area (Å²) in [7, 11) is -4.07. The fourth-order valence-corrected chi connectivity index (χ4v) is 4.40. The summed E-state index contributed by atoms with van der Waals surface area (Å²) in [6, 6.07) is 9.37. The van der Waals surface area contributed by atoms with Gasteiger partial charge < -0.3 is 5.32 Å². The number of para-hydroxylation sites is 1. The first-order valence-electron chi connectivity index (χ1n) is 8.74. The molecule has 8 heteroatoms. The lowest BCUT2D eigenvalue weighted by Crippen LogP contribution is -2.36. The maximum Gasteiger partial charge on any atom is 0.262 e. The highest BCUT2D eigenvalue weighted by atomic mass is 35.5. The van der Waals surface area contributed by atoms with E-state index in [1.54, 1.807) is 0 Å². The van der Waals surface area contributed by atoms with E-state index in [0.29, 0.717) is 0 Å². The lowest BCUT2D eigenvalue weighted by Gasteiger charge is -2.23. The van der Waals surface area contributed by atoms with Crippen LogP contribution in [0, 0.1) is 5.82 Å². The monoisotopic (exact) mass is 410 g/mol. The third-order valence-electron chi connectivity index (χ3n) is 4.55. The Morgan fingerprint density at radius 1 is 1.07 bits per heavy atom. The van der Waals surface area contributed by atoms with Crippen LogP contribution in [-0.4, -0.2) is 20.4 Å². The molecule has 0 atom stereocenters. The highest BCUT2D eigenvalue weighted by Crippen LogP contribution is 2.24. The molecule has 27 heavy (non-hydrogen) atoms. The summed E-state index contributed by atoms with van der Waals surface area (Å²) in [5, 5.41) is 3.08. The van der Waals surface area contributed by atoms with Crippen LogP contribution in [0.5, 0.6) is 0 Å². The van der Waals surface area contributed by atoms with Crippen molar-refractivity contribution in [2.45, 2.75) is 43.0 Å². The molecular formula is C19H20ClFN2O3S. The number of halogens is 2. The molecule has 2 N–H and O–H groups in total. The Morgan fingerprint density at radius 3 is 2.48 bits per heavy atom. The summed E-state index contributed by atoms with van der Waals surface area (Å²) in [6.45, 7) is 0. The molecule has 1 aliphatic rings. The van der Waals surface area contributed by atoms with Gasteiger partial charge in [-0.25, -0.2) is 12.8 Å².